The summed E-state index contributed by atoms with van der Waals surface area (Å²) < 4.78 is 54.3. The van der Waals surface area contributed by atoms with Crippen LogP contribution in [0.3, 0.4) is 0 Å². The first-order valence-corrected chi connectivity index (χ1v) is 17.4. The van der Waals surface area contributed by atoms with Crippen LogP contribution in [0.2, 0.25) is 0 Å². The molecule has 0 aliphatic heterocycles. The lowest BCUT2D eigenvalue weighted by Crippen LogP contribution is -2.10. The molecule has 1 aliphatic carbocycles. The van der Waals surface area contributed by atoms with E-state index < -0.39 is 21.0 Å². The smallest absolute Gasteiger partial charge is 0.264 e. The van der Waals surface area contributed by atoms with Gasteiger partial charge in [-0.25, -0.2) is 0 Å². The first-order chi connectivity index (χ1) is 23.3. The first-order valence-electron chi connectivity index (χ1n) is 15.8. The van der Waals surface area contributed by atoms with Gasteiger partial charge in [0.2, 0.25) is 0 Å². The van der Waals surface area contributed by atoms with E-state index in [2.05, 4.69) is 0 Å². The minimum absolute atomic E-state index is 0.00478. The molecule has 0 unspecified atom stereocenters. The van der Waals surface area contributed by atoms with E-state index in [0.29, 0.717) is 87.0 Å². The average molecular weight is 692 g/mol. The van der Waals surface area contributed by atoms with Gasteiger partial charge in [-0.3, -0.25) is 19.1 Å². The normalized spacial score (nSPS) is 13.7. The van der Waals surface area contributed by atoms with Crippen LogP contribution in [0.4, 0.5) is 0 Å². The van der Waals surface area contributed by atoms with Gasteiger partial charge in [-0.1, -0.05) is 18.4 Å². The molecule has 5 aromatic carbocycles. The lowest BCUT2D eigenvalue weighted by molar-refractivity contribution is 0.373. The van der Waals surface area contributed by atoms with Gasteiger partial charge in [-0.2, -0.15) is 8.42 Å². The van der Waals surface area contributed by atoms with E-state index in [0.717, 1.165) is 5.57 Å². The molecule has 3 N–H and O–H groups in total. The fourth-order valence-electron chi connectivity index (χ4n) is 7.53. The van der Waals surface area contributed by atoms with Gasteiger partial charge in [0.25, 0.3) is 10.1 Å². The van der Waals surface area contributed by atoms with Crippen LogP contribution in [0.25, 0.3) is 48.7 Å². The Kier molecular flexibility index (Phi) is 8.70. The van der Waals surface area contributed by atoms with Crippen molar-refractivity contribution in [2.24, 2.45) is 4.99 Å². The van der Waals surface area contributed by atoms with Crippen LogP contribution >= 0.6 is 0 Å². The molecule has 1 aliphatic rings. The van der Waals surface area contributed by atoms with Gasteiger partial charge in [0, 0.05) is 68.0 Å². The van der Waals surface area contributed by atoms with Crippen molar-refractivity contribution in [3.8, 4) is 34.5 Å². The Labute approximate surface area is 281 Å². The van der Waals surface area contributed by atoms with Crippen molar-refractivity contribution in [2.75, 3.05) is 40.7 Å². The van der Waals surface area contributed by atoms with Crippen LogP contribution in [0.15, 0.2) is 32.3 Å². The minimum Gasteiger partial charge on any atom is -0.504 e. The molecule has 0 fully saturated rings. The Morgan fingerprint density at radius 1 is 0.735 bits per heavy atom. The molecular formula is C36H37NO11S. The number of ether oxygens (including phenoxy) is 4. The number of aromatic hydroxyl groups is 2. The zero-order chi connectivity index (χ0) is 35.5. The van der Waals surface area contributed by atoms with E-state index in [9.17, 15) is 28.2 Å². The van der Waals surface area contributed by atoms with Crippen molar-refractivity contribution < 1.29 is 42.1 Å². The number of benzene rings is 5. The number of unbranched alkanes of at least 4 members (excludes halogenated alkanes) is 3. The SMILES string of the molecule is COc1c(O)c2c(=O)cc(OC)c3c4c(OC)cc(=O)c5c(O)c(OC)c6c(c(c1CC(C)=C6C(C)=NCCCCCCS(=O)(=O)O)c23)c54. The highest BCUT2D eigenvalue weighted by molar-refractivity contribution is 7.85. The number of methoxy groups -OCH3 is 4. The van der Waals surface area contributed by atoms with Crippen molar-refractivity contribution in [3.05, 3.63) is 49.3 Å². The molecule has 0 heterocycles. The second-order valence-electron chi connectivity index (χ2n) is 12.3. The van der Waals surface area contributed by atoms with E-state index in [1.807, 2.05) is 13.8 Å². The molecule has 0 saturated heterocycles. The number of rotatable bonds is 12. The van der Waals surface area contributed by atoms with E-state index in [1.54, 1.807) is 0 Å². The van der Waals surface area contributed by atoms with Crippen LogP contribution in [0.1, 0.15) is 50.7 Å². The molecule has 0 bridgehead atoms. The predicted molar refractivity (Wildman–Crippen MR) is 190 cm³/mol. The molecule has 6 rings (SSSR count). The second-order valence-corrected chi connectivity index (χ2v) is 13.8. The highest BCUT2D eigenvalue weighted by Crippen LogP contribution is 2.58. The summed E-state index contributed by atoms with van der Waals surface area (Å²) in [6.07, 6.45) is 2.54. The Morgan fingerprint density at radius 3 is 1.80 bits per heavy atom. The summed E-state index contributed by atoms with van der Waals surface area (Å²) in [5.74, 6) is -0.433. The van der Waals surface area contributed by atoms with Gasteiger partial charge in [0.1, 0.15) is 11.5 Å². The maximum atomic E-state index is 13.8. The lowest BCUT2D eigenvalue weighted by atomic mass is 9.82. The van der Waals surface area contributed by atoms with Crippen molar-refractivity contribution in [1.82, 2.24) is 0 Å². The third-order valence-electron chi connectivity index (χ3n) is 9.45. The Balaban J connectivity index is 1.76. The summed E-state index contributed by atoms with van der Waals surface area (Å²) in [6.45, 7) is 4.15. The quantitative estimate of drug-likeness (QED) is 0.0489. The fourth-order valence-corrected chi connectivity index (χ4v) is 8.10. The molecule has 258 valence electrons. The molecular weight excluding hydrogens is 654 g/mol. The average Bonchev–Trinajstić information content (AvgIpc) is 3.17. The van der Waals surface area contributed by atoms with Gasteiger partial charge in [0.15, 0.2) is 33.9 Å². The molecule has 12 nitrogen and oxygen atoms in total. The van der Waals surface area contributed by atoms with Crippen LogP contribution < -0.4 is 29.8 Å². The van der Waals surface area contributed by atoms with Gasteiger partial charge >= 0.3 is 0 Å². The van der Waals surface area contributed by atoms with Crippen molar-refractivity contribution in [3.63, 3.8) is 0 Å². The van der Waals surface area contributed by atoms with E-state index in [1.165, 1.54) is 40.6 Å². The Bertz CT molecular complexity index is 2470. The number of nitrogens with zero attached hydrogens (tertiary/aromatic N) is 1. The van der Waals surface area contributed by atoms with Crippen molar-refractivity contribution in [2.45, 2.75) is 46.0 Å². The number of phenols is 2. The molecule has 0 radical (unpaired) electrons. The molecule has 5 aromatic rings. The highest BCUT2D eigenvalue weighted by Gasteiger charge is 2.35. The zero-order valence-corrected chi connectivity index (χ0v) is 28.9. The monoisotopic (exact) mass is 691 g/mol. The molecule has 49 heavy (non-hydrogen) atoms. The van der Waals surface area contributed by atoms with Gasteiger partial charge in [0.05, 0.1) is 45.0 Å². The summed E-state index contributed by atoms with van der Waals surface area (Å²) in [7, 11) is 1.66. The van der Waals surface area contributed by atoms with Crippen LogP contribution in [-0.2, 0) is 16.5 Å². The number of fused-ring (bicyclic) bond motifs is 1. The lowest BCUT2D eigenvalue weighted by Gasteiger charge is -2.24. The maximum absolute atomic E-state index is 13.8. The molecule has 0 saturated carbocycles. The molecule has 0 atom stereocenters. The summed E-state index contributed by atoms with van der Waals surface area (Å²) >= 11 is 0. The zero-order valence-electron chi connectivity index (χ0n) is 28.1. The summed E-state index contributed by atoms with van der Waals surface area (Å²) in [5, 5.41) is 26.2. The Hall–Kier alpha value is -4.88. The predicted octanol–water partition coefficient (Wildman–Crippen LogP) is 5.58. The summed E-state index contributed by atoms with van der Waals surface area (Å²) in [6, 6.07) is 2.55. The fraction of sp³-hybridized carbons (Fsp3) is 0.361. The van der Waals surface area contributed by atoms with Crippen LogP contribution in [-0.4, -0.2) is 69.6 Å². The summed E-state index contributed by atoms with van der Waals surface area (Å²) in [5.41, 5.74) is 2.08. The number of hydrogen-bond acceptors (Lipinski definition) is 11. The van der Waals surface area contributed by atoms with Crippen LogP contribution in [0, 0.1) is 0 Å². The number of phenolic OH excluding ortho intramolecular Hbond substituents is 2. The minimum atomic E-state index is -4.01. The van der Waals surface area contributed by atoms with Gasteiger partial charge in [-0.05, 0) is 38.5 Å². The number of allylic oxidation sites excluding steroid dienone is 2. The molecule has 0 amide bonds. The second kappa shape index (κ2) is 12.5. The van der Waals surface area contributed by atoms with E-state index >= 15 is 0 Å². The van der Waals surface area contributed by atoms with Crippen LogP contribution in [0.5, 0.6) is 34.5 Å². The standard InChI is InChI=1S/C36H37NO11S/c1-16-13-18-24-29-25(33(40)35(18)47-5)19(38)14-21(45-3)27(29)28-22(46-4)15-20(39)26-31(28)30(24)32(36(48-6)34(26)41)23(16)17(2)37-11-9-7-8-10-12-49(42,43)44/h14-15,40-41H,7-13H2,1-6H3,(H,42,43,44). The number of hydrogen-bond donors (Lipinski definition) is 3. The largest absolute Gasteiger partial charge is 0.504 e. The van der Waals surface area contributed by atoms with Gasteiger partial charge < -0.3 is 29.2 Å². The maximum Gasteiger partial charge on any atom is 0.264 e. The Morgan fingerprint density at radius 2 is 1.27 bits per heavy atom. The van der Waals surface area contributed by atoms with Gasteiger partial charge in [-0.15, -0.1) is 0 Å². The number of aliphatic imine (C=N–C) groups is 1. The van der Waals surface area contributed by atoms with Crippen molar-refractivity contribution >= 4 is 64.5 Å². The summed E-state index contributed by atoms with van der Waals surface area (Å²) in [4.78, 5) is 32.4. The topological polar surface area (TPSA) is 178 Å². The molecule has 0 aromatic heterocycles. The van der Waals surface area contributed by atoms with E-state index in [-0.39, 0.29) is 57.4 Å². The highest BCUT2D eigenvalue weighted by atomic mass is 32.2. The third kappa shape index (κ3) is 5.23. The molecule has 0 spiro atoms. The van der Waals surface area contributed by atoms with E-state index in [4.69, 9.17) is 28.5 Å². The first kappa shape index (κ1) is 34.0. The molecule has 13 heteroatoms. The third-order valence-corrected chi connectivity index (χ3v) is 10.3. The van der Waals surface area contributed by atoms with Crippen molar-refractivity contribution in [1.29, 1.82) is 0 Å².